The molecule has 1 aliphatic rings. The zero-order valence-corrected chi connectivity index (χ0v) is 11.3. The quantitative estimate of drug-likeness (QED) is 0.872. The van der Waals surface area contributed by atoms with Crippen LogP contribution in [0.25, 0.3) is 0 Å². The standard InChI is InChI=1S/C14H21N3O2/c1-17-8-6-13(7-9-17)19-14(18)16-12-4-2-11(10-15)3-5-12/h2-5,13H,6-10,15H2,1H3,(H,16,18). The van der Waals surface area contributed by atoms with Gasteiger partial charge in [0.05, 0.1) is 0 Å². The number of benzene rings is 1. The molecule has 1 heterocycles. The van der Waals surface area contributed by atoms with Crippen LogP contribution >= 0.6 is 0 Å². The minimum atomic E-state index is -0.380. The molecule has 104 valence electrons. The molecule has 0 aromatic heterocycles. The lowest BCUT2D eigenvalue weighted by Crippen LogP contribution is -2.36. The van der Waals surface area contributed by atoms with E-state index in [1.807, 2.05) is 24.3 Å². The van der Waals surface area contributed by atoms with Crippen LogP contribution in [0.1, 0.15) is 18.4 Å². The average molecular weight is 263 g/mol. The molecule has 1 aromatic carbocycles. The molecule has 0 atom stereocenters. The van der Waals surface area contributed by atoms with E-state index >= 15 is 0 Å². The molecular weight excluding hydrogens is 242 g/mol. The highest BCUT2D eigenvalue weighted by Gasteiger charge is 2.20. The number of hydrogen-bond acceptors (Lipinski definition) is 4. The summed E-state index contributed by atoms with van der Waals surface area (Å²) in [5.74, 6) is 0. The first-order valence-electron chi connectivity index (χ1n) is 6.62. The van der Waals surface area contributed by atoms with Crippen LogP contribution < -0.4 is 11.1 Å². The molecule has 2 rings (SSSR count). The second kappa shape index (κ2) is 6.54. The number of carbonyl (C=O) groups excluding carboxylic acids is 1. The van der Waals surface area contributed by atoms with Gasteiger partial charge in [0.1, 0.15) is 6.10 Å². The minimum Gasteiger partial charge on any atom is -0.446 e. The molecule has 5 heteroatoms. The SMILES string of the molecule is CN1CCC(OC(=O)Nc2ccc(CN)cc2)CC1. The second-order valence-corrected chi connectivity index (χ2v) is 4.93. The Morgan fingerprint density at radius 1 is 1.37 bits per heavy atom. The molecule has 0 spiro atoms. The van der Waals surface area contributed by atoms with Gasteiger partial charge in [-0.1, -0.05) is 12.1 Å². The fourth-order valence-electron chi connectivity index (χ4n) is 2.13. The van der Waals surface area contributed by atoms with Gasteiger partial charge in [-0.15, -0.1) is 0 Å². The number of hydrogen-bond donors (Lipinski definition) is 2. The first-order chi connectivity index (χ1) is 9.17. The van der Waals surface area contributed by atoms with Crippen LogP contribution in [0.5, 0.6) is 0 Å². The first kappa shape index (κ1) is 13.8. The van der Waals surface area contributed by atoms with E-state index in [1.54, 1.807) is 0 Å². The van der Waals surface area contributed by atoms with Gasteiger partial charge in [0.25, 0.3) is 0 Å². The summed E-state index contributed by atoms with van der Waals surface area (Å²) in [7, 11) is 2.08. The normalized spacial score (nSPS) is 17.2. The molecule has 0 bridgehead atoms. The van der Waals surface area contributed by atoms with Crippen molar-refractivity contribution in [1.29, 1.82) is 0 Å². The third kappa shape index (κ3) is 4.22. The van der Waals surface area contributed by atoms with Gasteiger partial charge in [0.2, 0.25) is 0 Å². The Morgan fingerprint density at radius 2 is 2.00 bits per heavy atom. The molecule has 0 saturated carbocycles. The Balaban J connectivity index is 1.80. The van der Waals surface area contributed by atoms with Crippen molar-refractivity contribution in [3.05, 3.63) is 29.8 Å². The van der Waals surface area contributed by atoms with Gasteiger partial charge in [-0.05, 0) is 37.6 Å². The highest BCUT2D eigenvalue weighted by atomic mass is 16.6. The third-order valence-electron chi connectivity index (χ3n) is 3.38. The predicted molar refractivity (Wildman–Crippen MR) is 75.0 cm³/mol. The van der Waals surface area contributed by atoms with Crippen molar-refractivity contribution in [2.24, 2.45) is 5.73 Å². The number of carbonyl (C=O) groups is 1. The van der Waals surface area contributed by atoms with Gasteiger partial charge >= 0.3 is 6.09 Å². The summed E-state index contributed by atoms with van der Waals surface area (Å²) in [6.07, 6.45) is 1.45. The fourth-order valence-corrected chi connectivity index (χ4v) is 2.13. The molecule has 1 saturated heterocycles. The molecule has 0 radical (unpaired) electrons. The van der Waals surface area contributed by atoms with Crippen molar-refractivity contribution >= 4 is 11.8 Å². The van der Waals surface area contributed by atoms with Crippen molar-refractivity contribution in [1.82, 2.24) is 4.90 Å². The van der Waals surface area contributed by atoms with Gasteiger partial charge in [-0.2, -0.15) is 0 Å². The average Bonchev–Trinajstić information content (AvgIpc) is 2.42. The highest BCUT2D eigenvalue weighted by molar-refractivity contribution is 5.84. The van der Waals surface area contributed by atoms with E-state index in [2.05, 4.69) is 17.3 Å². The Labute approximate surface area is 113 Å². The van der Waals surface area contributed by atoms with Gasteiger partial charge in [0, 0.05) is 25.3 Å². The van der Waals surface area contributed by atoms with Crippen LogP contribution in [0.15, 0.2) is 24.3 Å². The van der Waals surface area contributed by atoms with E-state index in [1.165, 1.54) is 0 Å². The number of amides is 1. The number of piperidine rings is 1. The van der Waals surface area contributed by atoms with Crippen LogP contribution in [-0.2, 0) is 11.3 Å². The van der Waals surface area contributed by atoms with Crippen LogP contribution in [0.4, 0.5) is 10.5 Å². The zero-order chi connectivity index (χ0) is 13.7. The van der Waals surface area contributed by atoms with Crippen LogP contribution in [-0.4, -0.2) is 37.2 Å². The number of nitrogens with zero attached hydrogens (tertiary/aromatic N) is 1. The topological polar surface area (TPSA) is 67.6 Å². The summed E-state index contributed by atoms with van der Waals surface area (Å²) in [5, 5.41) is 2.74. The number of likely N-dealkylation sites (tertiary alicyclic amines) is 1. The summed E-state index contributed by atoms with van der Waals surface area (Å²) in [5.41, 5.74) is 7.29. The van der Waals surface area contributed by atoms with Crippen molar-refractivity contribution in [2.75, 3.05) is 25.5 Å². The third-order valence-corrected chi connectivity index (χ3v) is 3.38. The van der Waals surface area contributed by atoms with Gasteiger partial charge in [-0.3, -0.25) is 5.32 Å². The van der Waals surface area contributed by atoms with E-state index < -0.39 is 0 Å². The van der Waals surface area contributed by atoms with Gasteiger partial charge in [-0.25, -0.2) is 4.79 Å². The number of nitrogens with two attached hydrogens (primary N) is 1. The Morgan fingerprint density at radius 3 is 2.58 bits per heavy atom. The molecule has 0 aliphatic carbocycles. The van der Waals surface area contributed by atoms with E-state index in [9.17, 15) is 4.79 Å². The smallest absolute Gasteiger partial charge is 0.411 e. The van der Waals surface area contributed by atoms with E-state index in [0.29, 0.717) is 6.54 Å². The van der Waals surface area contributed by atoms with E-state index in [0.717, 1.165) is 37.2 Å². The highest BCUT2D eigenvalue weighted by Crippen LogP contribution is 2.14. The van der Waals surface area contributed by atoms with Crippen molar-refractivity contribution in [2.45, 2.75) is 25.5 Å². The van der Waals surface area contributed by atoms with Gasteiger partial charge < -0.3 is 15.4 Å². The number of anilines is 1. The van der Waals surface area contributed by atoms with Crippen molar-refractivity contribution < 1.29 is 9.53 Å². The monoisotopic (exact) mass is 263 g/mol. The maximum atomic E-state index is 11.7. The Bertz CT molecular complexity index is 411. The maximum Gasteiger partial charge on any atom is 0.411 e. The fraction of sp³-hybridized carbons (Fsp3) is 0.500. The molecule has 1 fully saturated rings. The van der Waals surface area contributed by atoms with Crippen molar-refractivity contribution in [3.8, 4) is 0 Å². The molecule has 1 aliphatic heterocycles. The van der Waals surface area contributed by atoms with Crippen LogP contribution in [0.2, 0.25) is 0 Å². The Kier molecular flexibility index (Phi) is 4.76. The lowest BCUT2D eigenvalue weighted by Gasteiger charge is -2.28. The van der Waals surface area contributed by atoms with Crippen molar-refractivity contribution in [3.63, 3.8) is 0 Å². The summed E-state index contributed by atoms with van der Waals surface area (Å²) < 4.78 is 5.40. The first-order valence-corrected chi connectivity index (χ1v) is 6.62. The van der Waals surface area contributed by atoms with E-state index in [-0.39, 0.29) is 12.2 Å². The number of nitrogens with one attached hydrogen (secondary N) is 1. The predicted octanol–water partition coefficient (Wildman–Crippen LogP) is 1.79. The zero-order valence-electron chi connectivity index (χ0n) is 11.3. The van der Waals surface area contributed by atoms with Crippen LogP contribution in [0.3, 0.4) is 0 Å². The molecule has 19 heavy (non-hydrogen) atoms. The lowest BCUT2D eigenvalue weighted by molar-refractivity contribution is 0.0662. The number of rotatable bonds is 3. The minimum absolute atomic E-state index is 0.0273. The lowest BCUT2D eigenvalue weighted by atomic mass is 10.1. The van der Waals surface area contributed by atoms with Gasteiger partial charge in [0.15, 0.2) is 0 Å². The van der Waals surface area contributed by atoms with Crippen LogP contribution in [0, 0.1) is 0 Å². The second-order valence-electron chi connectivity index (χ2n) is 4.93. The summed E-state index contributed by atoms with van der Waals surface area (Å²) in [4.78, 5) is 14.0. The molecule has 3 N–H and O–H groups in total. The molecule has 0 unspecified atom stereocenters. The molecular formula is C14H21N3O2. The summed E-state index contributed by atoms with van der Waals surface area (Å²) in [6.45, 7) is 2.45. The molecule has 5 nitrogen and oxygen atoms in total. The number of ether oxygens (including phenoxy) is 1. The Hall–Kier alpha value is -1.59. The summed E-state index contributed by atoms with van der Waals surface area (Å²) >= 11 is 0. The summed E-state index contributed by atoms with van der Waals surface area (Å²) in [6, 6.07) is 7.45. The van der Waals surface area contributed by atoms with E-state index in [4.69, 9.17) is 10.5 Å². The maximum absolute atomic E-state index is 11.7. The largest absolute Gasteiger partial charge is 0.446 e. The molecule has 1 aromatic rings. The molecule has 1 amide bonds.